The smallest absolute Gasteiger partial charge is 0.211 e. The molecule has 0 bridgehead atoms. The molecule has 1 atom stereocenters. The van der Waals surface area contributed by atoms with Crippen LogP contribution < -0.4 is 5.32 Å². The summed E-state index contributed by atoms with van der Waals surface area (Å²) in [4.78, 5) is 2.48. The average molecular weight is 358 g/mol. The maximum atomic E-state index is 11.6. The van der Waals surface area contributed by atoms with E-state index in [0.29, 0.717) is 19.1 Å². The van der Waals surface area contributed by atoms with Gasteiger partial charge in [-0.2, -0.15) is 4.31 Å². The number of hydrogen-bond donors (Lipinski definition) is 1. The van der Waals surface area contributed by atoms with Crippen molar-refractivity contribution in [2.45, 2.75) is 25.8 Å². The van der Waals surface area contributed by atoms with Crippen LogP contribution in [0, 0.1) is 0 Å². The molecule has 6 nitrogen and oxygen atoms in total. The number of rotatable bonds is 6. The summed E-state index contributed by atoms with van der Waals surface area (Å²) in [6, 6.07) is 0.456. The quantitative estimate of drug-likeness (QED) is 0.565. The van der Waals surface area contributed by atoms with Gasteiger partial charge in [-0.3, -0.25) is 9.38 Å². The summed E-state index contributed by atoms with van der Waals surface area (Å²) in [5.41, 5.74) is 2.83. The lowest BCUT2D eigenvalue weighted by atomic mass is 10.0. The largest absolute Gasteiger partial charge is 0.314 e. The lowest BCUT2D eigenvalue weighted by molar-refractivity contribution is -0.865. The maximum absolute atomic E-state index is 11.6. The highest BCUT2D eigenvalue weighted by molar-refractivity contribution is 7.88. The van der Waals surface area contributed by atoms with Gasteiger partial charge in [-0.25, -0.2) is 8.42 Å². The Labute approximate surface area is 147 Å². The van der Waals surface area contributed by atoms with Crippen molar-refractivity contribution in [3.05, 3.63) is 23.4 Å². The number of nitrogens with one attached hydrogen (secondary N) is 1. The number of sulfonamides is 1. The van der Waals surface area contributed by atoms with Gasteiger partial charge in [0.2, 0.25) is 10.0 Å². The van der Waals surface area contributed by atoms with E-state index in [2.05, 4.69) is 43.4 Å². The van der Waals surface area contributed by atoms with Crippen molar-refractivity contribution in [3.63, 3.8) is 0 Å². The fourth-order valence-electron chi connectivity index (χ4n) is 3.52. The van der Waals surface area contributed by atoms with Crippen LogP contribution in [0.5, 0.6) is 0 Å². The van der Waals surface area contributed by atoms with Gasteiger partial charge >= 0.3 is 0 Å². The average Bonchev–Trinajstić information content (AvgIpc) is 2.54. The highest BCUT2D eigenvalue weighted by atomic mass is 32.2. The molecule has 0 amide bonds. The molecular formula is C17H33N4O2S+. The molecule has 0 fully saturated rings. The highest BCUT2D eigenvalue weighted by Crippen LogP contribution is 2.23. The van der Waals surface area contributed by atoms with Crippen molar-refractivity contribution < 1.29 is 12.9 Å². The second-order valence-corrected chi connectivity index (χ2v) is 9.49. The first-order valence-corrected chi connectivity index (χ1v) is 10.5. The van der Waals surface area contributed by atoms with Crippen LogP contribution in [0.15, 0.2) is 23.4 Å². The second kappa shape index (κ2) is 7.66. The molecule has 0 saturated carbocycles. The predicted octanol–water partition coefficient (Wildman–Crippen LogP) is 0.810. The first-order valence-electron chi connectivity index (χ1n) is 8.70. The second-order valence-electron chi connectivity index (χ2n) is 7.51. The molecule has 1 unspecified atom stereocenters. The standard InChI is InChI=1S/C17H33N4O2S/c1-15(18-2)16-6-10-19(11-7-16)14-21(3,4)17-8-12-20(13-9-17)24(5,22)23/h6,8,15,18H,7,9-14H2,1-5H3/q+1. The molecule has 0 aromatic carbocycles. The zero-order chi connectivity index (χ0) is 18.0. The number of nitrogens with zero attached hydrogens (tertiary/aromatic N) is 3. The van der Waals surface area contributed by atoms with E-state index in [4.69, 9.17) is 0 Å². The topological polar surface area (TPSA) is 52.6 Å². The Balaban J connectivity index is 1.95. The van der Waals surface area contributed by atoms with Gasteiger partial charge in [0.25, 0.3) is 0 Å². The van der Waals surface area contributed by atoms with Gasteiger partial charge in [-0.15, -0.1) is 0 Å². The molecule has 24 heavy (non-hydrogen) atoms. The van der Waals surface area contributed by atoms with E-state index in [0.717, 1.165) is 37.1 Å². The Morgan fingerprint density at radius 3 is 2.38 bits per heavy atom. The van der Waals surface area contributed by atoms with E-state index < -0.39 is 10.0 Å². The van der Waals surface area contributed by atoms with Crippen molar-refractivity contribution >= 4 is 10.0 Å². The van der Waals surface area contributed by atoms with Crippen molar-refractivity contribution in [3.8, 4) is 0 Å². The van der Waals surface area contributed by atoms with Crippen molar-refractivity contribution in [2.24, 2.45) is 0 Å². The third-order valence-electron chi connectivity index (χ3n) is 5.27. The fourth-order valence-corrected chi connectivity index (χ4v) is 4.28. The molecule has 2 aliphatic heterocycles. The third kappa shape index (κ3) is 4.89. The molecule has 138 valence electrons. The Morgan fingerprint density at radius 1 is 1.21 bits per heavy atom. The molecule has 1 N–H and O–H groups in total. The molecule has 0 aromatic rings. The summed E-state index contributed by atoms with van der Waals surface area (Å²) >= 11 is 0. The molecule has 0 aliphatic carbocycles. The fraction of sp³-hybridized carbons (Fsp3) is 0.765. The van der Waals surface area contributed by atoms with Crippen LogP contribution in [0.25, 0.3) is 0 Å². The summed E-state index contributed by atoms with van der Waals surface area (Å²) in [5.74, 6) is 0. The molecular weight excluding hydrogens is 324 g/mol. The van der Waals surface area contributed by atoms with Crippen LogP contribution in [0.3, 0.4) is 0 Å². The molecule has 0 aromatic heterocycles. The Hall–Kier alpha value is -0.730. The third-order valence-corrected chi connectivity index (χ3v) is 6.54. The molecule has 0 saturated heterocycles. The highest BCUT2D eigenvalue weighted by Gasteiger charge is 2.30. The lowest BCUT2D eigenvalue weighted by Gasteiger charge is -2.40. The SMILES string of the molecule is CNC(C)C1=CCN(C[N+](C)(C)C2=CCN(S(C)(=O)=O)CC2)CC1. The number of quaternary nitrogens is 1. The summed E-state index contributed by atoms with van der Waals surface area (Å²) in [6.45, 7) is 6.34. The van der Waals surface area contributed by atoms with E-state index in [1.165, 1.54) is 17.5 Å². The van der Waals surface area contributed by atoms with Crippen LogP contribution in [0.4, 0.5) is 0 Å². The van der Waals surface area contributed by atoms with Crippen molar-refractivity contribution in [2.75, 3.05) is 60.2 Å². The zero-order valence-corrected chi connectivity index (χ0v) is 16.6. The maximum Gasteiger partial charge on any atom is 0.211 e. The zero-order valence-electron chi connectivity index (χ0n) is 15.7. The normalized spacial score (nSPS) is 22.9. The van der Waals surface area contributed by atoms with E-state index in [1.807, 2.05) is 7.05 Å². The van der Waals surface area contributed by atoms with Crippen LogP contribution in [0.1, 0.15) is 19.8 Å². The van der Waals surface area contributed by atoms with Gasteiger partial charge in [0.05, 0.1) is 20.4 Å². The van der Waals surface area contributed by atoms with Crippen LogP contribution in [-0.2, 0) is 10.0 Å². The minimum Gasteiger partial charge on any atom is -0.314 e. The molecule has 2 heterocycles. The molecule has 0 spiro atoms. The summed E-state index contributed by atoms with van der Waals surface area (Å²) < 4.78 is 25.6. The van der Waals surface area contributed by atoms with Gasteiger partial charge in [0.15, 0.2) is 0 Å². The van der Waals surface area contributed by atoms with Gasteiger partial charge in [-0.1, -0.05) is 11.6 Å². The van der Waals surface area contributed by atoms with Gasteiger partial charge in [-0.05, 0) is 26.5 Å². The van der Waals surface area contributed by atoms with Gasteiger partial charge in [0, 0.05) is 38.6 Å². The predicted molar refractivity (Wildman–Crippen MR) is 98.9 cm³/mol. The Morgan fingerprint density at radius 2 is 1.92 bits per heavy atom. The Bertz CT molecular complexity index is 610. The van der Waals surface area contributed by atoms with Crippen molar-refractivity contribution in [1.82, 2.24) is 14.5 Å². The molecule has 0 radical (unpaired) electrons. The summed E-state index contributed by atoms with van der Waals surface area (Å²) in [7, 11) is 3.37. The first-order chi connectivity index (χ1) is 11.1. The molecule has 2 aliphatic rings. The molecule has 7 heteroatoms. The Kier molecular flexibility index (Phi) is 6.25. The number of hydrogen-bond acceptors (Lipinski definition) is 4. The van der Waals surface area contributed by atoms with Crippen LogP contribution >= 0.6 is 0 Å². The number of likely N-dealkylation sites (N-methyl/N-ethyl adjacent to an activating group) is 1. The van der Waals surface area contributed by atoms with E-state index >= 15 is 0 Å². The summed E-state index contributed by atoms with van der Waals surface area (Å²) in [5, 5.41) is 3.31. The van der Waals surface area contributed by atoms with Crippen LogP contribution in [0.2, 0.25) is 0 Å². The van der Waals surface area contributed by atoms with Gasteiger partial charge in [0.1, 0.15) is 12.4 Å². The minimum absolute atomic E-state index is 0.456. The lowest BCUT2D eigenvalue weighted by Crippen LogP contribution is -2.51. The van der Waals surface area contributed by atoms with Crippen LogP contribution in [-0.4, -0.2) is 88.4 Å². The first kappa shape index (κ1) is 19.6. The van der Waals surface area contributed by atoms with E-state index in [1.54, 1.807) is 4.31 Å². The van der Waals surface area contributed by atoms with Crippen molar-refractivity contribution in [1.29, 1.82) is 0 Å². The van der Waals surface area contributed by atoms with Gasteiger partial charge < -0.3 is 5.32 Å². The van der Waals surface area contributed by atoms with E-state index in [-0.39, 0.29) is 0 Å². The molecule has 2 rings (SSSR count). The minimum atomic E-state index is -3.08. The summed E-state index contributed by atoms with van der Waals surface area (Å²) in [6.07, 6.45) is 7.66. The monoisotopic (exact) mass is 357 g/mol. The van der Waals surface area contributed by atoms with E-state index in [9.17, 15) is 8.42 Å².